The van der Waals surface area contributed by atoms with Gasteiger partial charge in [0.05, 0.1) is 0 Å². The molecule has 7 heteroatoms. The van der Waals surface area contributed by atoms with Gasteiger partial charge in [0, 0.05) is 49.6 Å². The van der Waals surface area contributed by atoms with Crippen LogP contribution in [-0.4, -0.2) is 68.0 Å². The van der Waals surface area contributed by atoms with E-state index >= 15 is 0 Å². The Morgan fingerprint density at radius 1 is 1.16 bits per heavy atom. The summed E-state index contributed by atoms with van der Waals surface area (Å²) in [5.41, 5.74) is 0. The molecule has 6 nitrogen and oxygen atoms in total. The fourth-order valence-corrected chi connectivity index (χ4v) is 6.67. The lowest BCUT2D eigenvalue weighted by molar-refractivity contribution is -0.135. The first-order valence-electron chi connectivity index (χ1n) is 12.2. The first kappa shape index (κ1) is 22.6. The van der Waals surface area contributed by atoms with Crippen molar-refractivity contribution in [3.8, 4) is 0 Å². The quantitative estimate of drug-likeness (QED) is 0.538. The number of amides is 1. The number of thiophene rings is 1. The van der Waals surface area contributed by atoms with E-state index in [1.807, 2.05) is 18.4 Å². The molecule has 1 saturated carbocycles. The predicted molar refractivity (Wildman–Crippen MR) is 128 cm³/mol. The van der Waals surface area contributed by atoms with E-state index in [0.29, 0.717) is 23.9 Å². The molecule has 0 spiro atoms. The Morgan fingerprint density at radius 3 is 2.74 bits per heavy atom. The third-order valence-corrected chi connectivity index (χ3v) is 8.34. The van der Waals surface area contributed by atoms with Crippen molar-refractivity contribution >= 4 is 23.2 Å². The summed E-state index contributed by atoms with van der Waals surface area (Å²) in [6.45, 7) is 3.76. The fourth-order valence-electron chi connectivity index (χ4n) is 5.68. The van der Waals surface area contributed by atoms with Crippen molar-refractivity contribution in [3.05, 3.63) is 22.4 Å². The van der Waals surface area contributed by atoms with Crippen molar-refractivity contribution in [2.24, 2.45) is 16.8 Å². The summed E-state index contributed by atoms with van der Waals surface area (Å²) in [6, 6.07) is 5.21. The topological polar surface area (TPSA) is 60.0 Å². The minimum Gasteiger partial charge on any atom is -0.356 e. The minimum atomic E-state index is 0.266. The molecule has 3 unspecified atom stereocenters. The highest BCUT2D eigenvalue weighted by atomic mass is 32.1. The van der Waals surface area contributed by atoms with Gasteiger partial charge in [-0.05, 0) is 63.1 Å². The van der Waals surface area contributed by atoms with Crippen LogP contribution in [0, 0.1) is 11.8 Å². The van der Waals surface area contributed by atoms with Crippen LogP contribution in [-0.2, 0) is 4.79 Å². The summed E-state index contributed by atoms with van der Waals surface area (Å²) in [5, 5.41) is 9.37. The van der Waals surface area contributed by atoms with Crippen LogP contribution in [0.15, 0.2) is 22.5 Å². The zero-order chi connectivity index (χ0) is 21.6. The van der Waals surface area contributed by atoms with Gasteiger partial charge in [-0.2, -0.15) is 0 Å². The SMILES string of the molecule is CN=C(NCC1CCCN(C)C1c1cccs1)NC1CCN(C(=O)C2CCCCC2)C1. The van der Waals surface area contributed by atoms with Gasteiger partial charge in [0.1, 0.15) is 0 Å². The van der Waals surface area contributed by atoms with Crippen LogP contribution in [0.25, 0.3) is 0 Å². The zero-order valence-electron chi connectivity index (χ0n) is 19.2. The summed E-state index contributed by atoms with van der Waals surface area (Å²) in [6.07, 6.45) is 9.37. The van der Waals surface area contributed by atoms with E-state index in [9.17, 15) is 4.79 Å². The molecule has 172 valence electrons. The van der Waals surface area contributed by atoms with E-state index in [-0.39, 0.29) is 5.92 Å². The minimum absolute atomic E-state index is 0.266. The van der Waals surface area contributed by atoms with Gasteiger partial charge in [0.2, 0.25) is 5.91 Å². The van der Waals surface area contributed by atoms with Gasteiger partial charge in [-0.3, -0.25) is 14.7 Å². The Bertz CT molecular complexity index is 730. The van der Waals surface area contributed by atoms with Crippen molar-refractivity contribution < 1.29 is 4.79 Å². The van der Waals surface area contributed by atoms with E-state index in [0.717, 1.165) is 44.9 Å². The molecule has 0 radical (unpaired) electrons. The Balaban J connectivity index is 1.27. The number of likely N-dealkylation sites (tertiary alicyclic amines) is 2. The van der Waals surface area contributed by atoms with Crippen LogP contribution in [0.3, 0.4) is 0 Å². The predicted octanol–water partition coefficient (Wildman–Crippen LogP) is 3.48. The Kier molecular flexibility index (Phi) is 7.88. The highest BCUT2D eigenvalue weighted by Gasteiger charge is 2.33. The number of guanidine groups is 1. The summed E-state index contributed by atoms with van der Waals surface area (Å²) >= 11 is 1.86. The average molecular weight is 446 g/mol. The Hall–Kier alpha value is -1.60. The molecule has 2 N–H and O–H groups in total. The summed E-state index contributed by atoms with van der Waals surface area (Å²) in [4.78, 5) is 23.4. The number of rotatable bonds is 5. The molecule has 1 amide bonds. The van der Waals surface area contributed by atoms with Crippen molar-refractivity contribution in [3.63, 3.8) is 0 Å². The van der Waals surface area contributed by atoms with Crippen molar-refractivity contribution in [2.75, 3.05) is 40.3 Å². The van der Waals surface area contributed by atoms with Crippen LogP contribution >= 0.6 is 11.3 Å². The summed E-state index contributed by atoms with van der Waals surface area (Å²) in [5.74, 6) is 2.09. The summed E-state index contributed by atoms with van der Waals surface area (Å²) < 4.78 is 0. The molecule has 3 aliphatic rings. The van der Waals surface area contributed by atoms with Gasteiger partial charge >= 0.3 is 0 Å². The number of nitrogens with zero attached hydrogens (tertiary/aromatic N) is 3. The van der Waals surface area contributed by atoms with Crippen LogP contribution in [0.1, 0.15) is 62.3 Å². The van der Waals surface area contributed by atoms with Gasteiger partial charge in [-0.25, -0.2) is 0 Å². The Labute approximate surface area is 191 Å². The molecule has 2 saturated heterocycles. The second-order valence-corrected chi connectivity index (χ2v) is 10.5. The molecule has 0 aromatic carbocycles. The van der Waals surface area contributed by atoms with Crippen molar-refractivity contribution in [2.45, 2.75) is 63.5 Å². The van der Waals surface area contributed by atoms with E-state index in [4.69, 9.17) is 0 Å². The zero-order valence-corrected chi connectivity index (χ0v) is 20.0. The Morgan fingerprint density at radius 2 is 2.00 bits per heavy atom. The molecule has 4 rings (SSSR count). The first-order valence-corrected chi connectivity index (χ1v) is 13.0. The second kappa shape index (κ2) is 10.8. The molecule has 1 aromatic rings. The molecule has 3 atom stereocenters. The maximum atomic E-state index is 12.9. The molecule has 31 heavy (non-hydrogen) atoms. The second-order valence-electron chi connectivity index (χ2n) is 9.55. The monoisotopic (exact) mass is 445 g/mol. The number of piperidine rings is 1. The third-order valence-electron chi connectivity index (χ3n) is 7.39. The number of aliphatic imine (C=N–C) groups is 1. The van der Waals surface area contributed by atoms with Crippen LogP contribution in [0.5, 0.6) is 0 Å². The van der Waals surface area contributed by atoms with Crippen LogP contribution in [0.4, 0.5) is 0 Å². The lowest BCUT2D eigenvalue weighted by Crippen LogP contribution is -2.48. The van der Waals surface area contributed by atoms with Gasteiger partial charge in [0.25, 0.3) is 0 Å². The van der Waals surface area contributed by atoms with E-state index in [2.05, 4.69) is 50.0 Å². The lowest BCUT2D eigenvalue weighted by atomic mass is 9.88. The fraction of sp³-hybridized carbons (Fsp3) is 0.750. The normalized spacial score (nSPS) is 28.6. The number of nitrogens with one attached hydrogen (secondary N) is 2. The first-order chi connectivity index (χ1) is 15.2. The molecule has 3 heterocycles. The maximum absolute atomic E-state index is 12.9. The van der Waals surface area contributed by atoms with Crippen LogP contribution in [0.2, 0.25) is 0 Å². The highest BCUT2D eigenvalue weighted by Crippen LogP contribution is 2.36. The van der Waals surface area contributed by atoms with Crippen molar-refractivity contribution in [1.82, 2.24) is 20.4 Å². The molecule has 2 aliphatic heterocycles. The standard InChI is InChI=1S/C24H39N5OS/c1-25-24(26-16-19-10-6-13-28(2)22(19)21-11-7-15-31-21)27-20-12-14-29(17-20)23(30)18-8-4-3-5-9-18/h7,11,15,18-20,22H,3-6,8-10,12-14,16-17H2,1-2H3,(H2,25,26,27). The largest absolute Gasteiger partial charge is 0.356 e. The summed E-state index contributed by atoms with van der Waals surface area (Å²) in [7, 11) is 4.10. The van der Waals surface area contributed by atoms with Crippen LogP contribution < -0.4 is 10.6 Å². The molecule has 1 aliphatic carbocycles. The van der Waals surface area contributed by atoms with Gasteiger partial charge < -0.3 is 15.5 Å². The average Bonchev–Trinajstić information content (AvgIpc) is 3.49. The molecule has 3 fully saturated rings. The highest BCUT2D eigenvalue weighted by molar-refractivity contribution is 7.10. The number of hydrogen-bond acceptors (Lipinski definition) is 4. The van der Waals surface area contributed by atoms with Gasteiger partial charge in [-0.15, -0.1) is 11.3 Å². The number of carbonyl (C=O) groups is 1. The molecular weight excluding hydrogens is 406 g/mol. The molecule has 0 bridgehead atoms. The number of carbonyl (C=O) groups excluding carboxylic acids is 1. The molecule has 1 aromatic heterocycles. The van der Waals surface area contributed by atoms with Gasteiger partial charge in [0.15, 0.2) is 5.96 Å². The lowest BCUT2D eigenvalue weighted by Gasteiger charge is -2.39. The molecular formula is C24H39N5OS. The maximum Gasteiger partial charge on any atom is 0.225 e. The van der Waals surface area contributed by atoms with E-state index in [1.54, 1.807) is 0 Å². The smallest absolute Gasteiger partial charge is 0.225 e. The van der Waals surface area contributed by atoms with E-state index in [1.165, 1.54) is 43.5 Å². The van der Waals surface area contributed by atoms with E-state index < -0.39 is 0 Å². The van der Waals surface area contributed by atoms with Crippen molar-refractivity contribution in [1.29, 1.82) is 0 Å². The van der Waals surface area contributed by atoms with Gasteiger partial charge in [-0.1, -0.05) is 25.3 Å². The number of hydrogen-bond donors (Lipinski definition) is 2. The third kappa shape index (κ3) is 5.61.